The number of nitrogens with zero attached hydrogens (tertiary/aromatic N) is 1. The summed E-state index contributed by atoms with van der Waals surface area (Å²) in [5, 5.41) is 15.4. The number of oxazole rings is 1. The van der Waals surface area contributed by atoms with Crippen LogP contribution in [-0.2, 0) is 6.54 Å². The maximum Gasteiger partial charge on any atom is 0.420 e. The van der Waals surface area contributed by atoms with E-state index in [0.29, 0.717) is 17.6 Å². The maximum atomic E-state index is 11.8. The second-order valence-corrected chi connectivity index (χ2v) is 6.11. The van der Waals surface area contributed by atoms with Gasteiger partial charge >= 0.3 is 11.8 Å². The third-order valence-electron chi connectivity index (χ3n) is 4.05. The molecule has 23 heavy (non-hydrogen) atoms. The van der Waals surface area contributed by atoms with Crippen molar-refractivity contribution in [3.05, 3.63) is 34.8 Å². The van der Waals surface area contributed by atoms with Crippen molar-refractivity contribution < 1.29 is 14.3 Å². The Morgan fingerprint density at radius 3 is 2.74 bits per heavy atom. The molecular formula is C16H23N3O4. The van der Waals surface area contributed by atoms with Gasteiger partial charge in [-0.1, -0.05) is 26.0 Å². The van der Waals surface area contributed by atoms with Crippen molar-refractivity contribution in [3.8, 4) is 0 Å². The number of fused-ring (bicyclic) bond motifs is 1. The summed E-state index contributed by atoms with van der Waals surface area (Å²) in [6, 6.07) is 6.75. The van der Waals surface area contributed by atoms with E-state index in [0.717, 1.165) is 0 Å². The summed E-state index contributed by atoms with van der Waals surface area (Å²) in [7, 11) is 0. The summed E-state index contributed by atoms with van der Waals surface area (Å²) in [5.74, 6) is -0.421. The molecule has 0 spiro atoms. The van der Waals surface area contributed by atoms with E-state index < -0.39 is 11.4 Å². The molecule has 0 aliphatic carbocycles. The van der Waals surface area contributed by atoms with Crippen LogP contribution in [0.1, 0.15) is 20.8 Å². The molecule has 0 bridgehead atoms. The summed E-state index contributed by atoms with van der Waals surface area (Å²) >= 11 is 0. The molecule has 7 heteroatoms. The minimum atomic E-state index is -0.963. The summed E-state index contributed by atoms with van der Waals surface area (Å²) in [6.07, 6.45) is 0. The molecule has 1 heterocycles. The van der Waals surface area contributed by atoms with Crippen molar-refractivity contribution >= 4 is 17.1 Å². The highest BCUT2D eigenvalue weighted by Gasteiger charge is 2.25. The van der Waals surface area contributed by atoms with Crippen LogP contribution in [0.2, 0.25) is 0 Å². The SMILES string of the molecule is CC(C)C(C)(O)CNC(=O)NCCn1c(=O)oc2ccccc21. The Morgan fingerprint density at radius 2 is 2.04 bits per heavy atom. The van der Waals surface area contributed by atoms with E-state index in [4.69, 9.17) is 4.42 Å². The van der Waals surface area contributed by atoms with Gasteiger partial charge in [0.1, 0.15) is 0 Å². The number of urea groups is 1. The van der Waals surface area contributed by atoms with Gasteiger partial charge in [0.15, 0.2) is 5.58 Å². The van der Waals surface area contributed by atoms with E-state index in [-0.39, 0.29) is 25.0 Å². The van der Waals surface area contributed by atoms with Crippen molar-refractivity contribution in [1.29, 1.82) is 0 Å². The highest BCUT2D eigenvalue weighted by Crippen LogP contribution is 2.14. The number of nitrogens with one attached hydrogen (secondary N) is 2. The van der Waals surface area contributed by atoms with Crippen molar-refractivity contribution in [2.24, 2.45) is 5.92 Å². The molecule has 1 aromatic heterocycles. The fraction of sp³-hybridized carbons (Fsp3) is 0.500. The van der Waals surface area contributed by atoms with Crippen LogP contribution in [0.4, 0.5) is 4.79 Å². The minimum absolute atomic E-state index is 0.0265. The van der Waals surface area contributed by atoms with E-state index in [1.165, 1.54) is 4.57 Å². The van der Waals surface area contributed by atoms with Crippen molar-refractivity contribution in [2.45, 2.75) is 32.9 Å². The van der Waals surface area contributed by atoms with Crippen LogP contribution >= 0.6 is 0 Å². The van der Waals surface area contributed by atoms with Crippen LogP contribution in [0.5, 0.6) is 0 Å². The van der Waals surface area contributed by atoms with Gasteiger partial charge in [0.2, 0.25) is 0 Å². The van der Waals surface area contributed by atoms with Crippen LogP contribution in [-0.4, -0.2) is 34.4 Å². The van der Waals surface area contributed by atoms with Gasteiger partial charge in [0.25, 0.3) is 0 Å². The van der Waals surface area contributed by atoms with Gasteiger partial charge in [0, 0.05) is 19.6 Å². The van der Waals surface area contributed by atoms with Gasteiger partial charge in [0.05, 0.1) is 11.1 Å². The molecule has 0 saturated carbocycles. The van der Waals surface area contributed by atoms with Gasteiger partial charge in [-0.2, -0.15) is 0 Å². The molecule has 3 N–H and O–H groups in total. The lowest BCUT2D eigenvalue weighted by atomic mass is 9.93. The number of carbonyl (C=O) groups is 1. The zero-order valence-electron chi connectivity index (χ0n) is 13.6. The van der Waals surface area contributed by atoms with Crippen LogP contribution in [0.25, 0.3) is 11.1 Å². The smallest absolute Gasteiger partial charge is 0.408 e. The Morgan fingerprint density at radius 1 is 1.35 bits per heavy atom. The van der Waals surface area contributed by atoms with Crippen molar-refractivity contribution in [2.75, 3.05) is 13.1 Å². The Hall–Kier alpha value is -2.28. The molecule has 7 nitrogen and oxygen atoms in total. The Labute approximate surface area is 134 Å². The number of aromatic nitrogens is 1. The molecule has 0 saturated heterocycles. The second kappa shape index (κ2) is 6.87. The Kier molecular flexibility index (Phi) is 5.10. The van der Waals surface area contributed by atoms with Gasteiger partial charge in [-0.15, -0.1) is 0 Å². The van der Waals surface area contributed by atoms with Crippen molar-refractivity contribution in [1.82, 2.24) is 15.2 Å². The number of amides is 2. The highest BCUT2D eigenvalue weighted by molar-refractivity contribution is 5.74. The van der Waals surface area contributed by atoms with E-state index >= 15 is 0 Å². The number of para-hydroxylation sites is 2. The number of benzene rings is 1. The molecule has 0 fully saturated rings. The van der Waals surface area contributed by atoms with E-state index in [1.807, 2.05) is 19.9 Å². The molecule has 0 radical (unpaired) electrons. The first-order valence-electron chi connectivity index (χ1n) is 7.63. The predicted octanol–water partition coefficient (Wildman–Crippen LogP) is 1.30. The normalized spacial score (nSPS) is 14.0. The monoisotopic (exact) mass is 321 g/mol. The molecule has 2 aromatic rings. The number of rotatable bonds is 6. The molecular weight excluding hydrogens is 298 g/mol. The van der Waals surface area contributed by atoms with E-state index in [2.05, 4.69) is 10.6 Å². The first kappa shape index (κ1) is 17.1. The van der Waals surface area contributed by atoms with Crippen LogP contribution < -0.4 is 16.4 Å². The topological polar surface area (TPSA) is 96.5 Å². The fourth-order valence-electron chi connectivity index (χ4n) is 2.03. The quantitative estimate of drug-likeness (QED) is 0.747. The molecule has 0 aliphatic rings. The Balaban J connectivity index is 1.86. The lowest BCUT2D eigenvalue weighted by Crippen LogP contribution is -2.47. The summed E-state index contributed by atoms with van der Waals surface area (Å²) in [5.41, 5.74) is 0.257. The van der Waals surface area contributed by atoms with Gasteiger partial charge in [-0.25, -0.2) is 9.59 Å². The third kappa shape index (κ3) is 4.13. The molecule has 1 aromatic carbocycles. The van der Waals surface area contributed by atoms with Crippen LogP contribution in [0.3, 0.4) is 0 Å². The summed E-state index contributed by atoms with van der Waals surface area (Å²) < 4.78 is 6.59. The molecule has 2 amide bonds. The molecule has 1 unspecified atom stereocenters. The highest BCUT2D eigenvalue weighted by atomic mass is 16.4. The number of carbonyl (C=O) groups excluding carboxylic acids is 1. The Bertz CT molecular complexity index is 730. The summed E-state index contributed by atoms with van der Waals surface area (Å²) in [4.78, 5) is 23.5. The standard InChI is InChI=1S/C16H23N3O4/c1-11(2)16(3,22)10-18-14(20)17-8-9-19-12-6-4-5-7-13(12)23-15(19)21/h4-7,11,22H,8-10H2,1-3H3,(H2,17,18,20). The fourth-order valence-corrected chi connectivity index (χ4v) is 2.03. The lowest BCUT2D eigenvalue weighted by molar-refractivity contribution is 0.0166. The molecule has 2 rings (SSSR count). The van der Waals surface area contributed by atoms with E-state index in [9.17, 15) is 14.7 Å². The molecule has 0 aliphatic heterocycles. The van der Waals surface area contributed by atoms with Crippen molar-refractivity contribution in [3.63, 3.8) is 0 Å². The van der Waals surface area contributed by atoms with Gasteiger partial charge in [-0.05, 0) is 25.0 Å². The average molecular weight is 321 g/mol. The average Bonchev–Trinajstić information content (AvgIpc) is 2.81. The molecule has 1 atom stereocenters. The number of hydrogen-bond acceptors (Lipinski definition) is 4. The molecule has 126 valence electrons. The first-order chi connectivity index (χ1) is 10.8. The number of hydrogen-bond donors (Lipinski definition) is 3. The largest absolute Gasteiger partial charge is 0.420 e. The maximum absolute atomic E-state index is 11.8. The third-order valence-corrected chi connectivity index (χ3v) is 4.05. The second-order valence-electron chi connectivity index (χ2n) is 6.11. The van der Waals surface area contributed by atoms with E-state index in [1.54, 1.807) is 25.1 Å². The van der Waals surface area contributed by atoms with Gasteiger partial charge in [-0.3, -0.25) is 4.57 Å². The zero-order valence-corrected chi connectivity index (χ0v) is 13.6. The first-order valence-corrected chi connectivity index (χ1v) is 7.63. The predicted molar refractivity (Wildman–Crippen MR) is 87.3 cm³/mol. The lowest BCUT2D eigenvalue weighted by Gasteiger charge is -2.27. The van der Waals surface area contributed by atoms with Crippen LogP contribution in [0.15, 0.2) is 33.5 Å². The minimum Gasteiger partial charge on any atom is -0.408 e. The van der Waals surface area contributed by atoms with Crippen LogP contribution in [0, 0.1) is 5.92 Å². The number of aliphatic hydroxyl groups is 1. The zero-order chi connectivity index (χ0) is 17.0. The summed E-state index contributed by atoms with van der Waals surface area (Å²) in [6.45, 7) is 6.19. The van der Waals surface area contributed by atoms with Gasteiger partial charge < -0.3 is 20.2 Å².